The number of nitrogens with zero attached hydrogens (tertiary/aromatic N) is 2. The van der Waals surface area contributed by atoms with Gasteiger partial charge in [0.05, 0.1) is 12.2 Å². The zero-order valence-corrected chi connectivity index (χ0v) is 18.0. The van der Waals surface area contributed by atoms with Crippen molar-refractivity contribution >= 4 is 11.9 Å². The summed E-state index contributed by atoms with van der Waals surface area (Å²) in [6, 6.07) is 11.9. The molecule has 5 heteroatoms. The molecule has 1 saturated heterocycles. The molecule has 156 valence electrons. The minimum absolute atomic E-state index is 0.188. The monoisotopic (exact) mass is 396 g/mol. The van der Waals surface area contributed by atoms with E-state index in [0.717, 1.165) is 30.0 Å². The van der Waals surface area contributed by atoms with Crippen LogP contribution in [-0.2, 0) is 16.1 Å². The van der Waals surface area contributed by atoms with Crippen LogP contribution in [0.3, 0.4) is 0 Å². The predicted octanol–water partition coefficient (Wildman–Crippen LogP) is 4.53. The Morgan fingerprint density at radius 1 is 1.10 bits per heavy atom. The lowest BCUT2D eigenvalue weighted by Crippen LogP contribution is -2.42. The number of hydrogen-bond acceptors (Lipinski definition) is 3. The number of rotatable bonds is 6. The molecule has 1 aliphatic rings. The van der Waals surface area contributed by atoms with Crippen LogP contribution in [0.1, 0.15) is 49.7 Å². The molecular formula is C24H32N2O3. The molecule has 1 aliphatic heterocycles. The quantitative estimate of drug-likeness (QED) is 0.674. The van der Waals surface area contributed by atoms with Gasteiger partial charge in [0.2, 0.25) is 5.91 Å². The Bertz CT molecular complexity index is 847. The second-order valence-electron chi connectivity index (χ2n) is 8.26. The largest absolute Gasteiger partial charge is 0.462 e. The molecule has 1 fully saturated rings. The highest BCUT2D eigenvalue weighted by Gasteiger charge is 2.26. The molecule has 2 aromatic rings. The standard InChI is InChI=1S/C24H32N2O3/c1-5-29-24(28)21-14-22(20-9-7-6-8-10-20)26(19(21)4)12-11-23(27)25-15-17(2)13-18(3)16-25/h6-10,14,17-18H,5,11-13,15-16H2,1-4H3/t17-,18-/m1/s1. The van der Waals surface area contributed by atoms with E-state index in [2.05, 4.69) is 18.4 Å². The molecule has 2 atom stereocenters. The smallest absolute Gasteiger partial charge is 0.339 e. The van der Waals surface area contributed by atoms with Crippen LogP contribution >= 0.6 is 0 Å². The Balaban J connectivity index is 1.83. The number of likely N-dealkylation sites (tertiary alicyclic amines) is 1. The van der Waals surface area contributed by atoms with Crippen LogP contribution in [0, 0.1) is 18.8 Å². The number of hydrogen-bond donors (Lipinski definition) is 0. The molecule has 3 rings (SSSR count). The number of ether oxygens (including phenoxy) is 1. The molecule has 0 saturated carbocycles. The van der Waals surface area contributed by atoms with Gasteiger partial charge in [-0.25, -0.2) is 4.79 Å². The van der Waals surface area contributed by atoms with Crippen molar-refractivity contribution in [2.75, 3.05) is 19.7 Å². The van der Waals surface area contributed by atoms with E-state index >= 15 is 0 Å². The molecule has 2 heterocycles. The van der Waals surface area contributed by atoms with Gasteiger partial charge < -0.3 is 14.2 Å². The first-order valence-electron chi connectivity index (χ1n) is 10.6. The summed E-state index contributed by atoms with van der Waals surface area (Å²) in [6.07, 6.45) is 1.61. The fourth-order valence-corrected chi connectivity index (χ4v) is 4.43. The third kappa shape index (κ3) is 4.89. The number of piperidine rings is 1. The maximum atomic E-state index is 12.9. The van der Waals surface area contributed by atoms with E-state index in [1.165, 1.54) is 6.42 Å². The van der Waals surface area contributed by atoms with Crippen molar-refractivity contribution < 1.29 is 14.3 Å². The van der Waals surface area contributed by atoms with E-state index in [0.29, 0.717) is 37.0 Å². The van der Waals surface area contributed by atoms with Gasteiger partial charge in [0.1, 0.15) is 0 Å². The first-order chi connectivity index (χ1) is 13.9. The van der Waals surface area contributed by atoms with Crippen molar-refractivity contribution in [3.05, 3.63) is 47.7 Å². The molecule has 29 heavy (non-hydrogen) atoms. The summed E-state index contributed by atoms with van der Waals surface area (Å²) in [5, 5.41) is 0. The lowest BCUT2D eigenvalue weighted by atomic mass is 9.92. The van der Waals surface area contributed by atoms with Crippen LogP contribution in [0.5, 0.6) is 0 Å². The molecule has 1 aromatic carbocycles. The molecule has 0 radical (unpaired) electrons. The number of benzene rings is 1. The van der Waals surface area contributed by atoms with Crippen molar-refractivity contribution in [3.63, 3.8) is 0 Å². The third-order valence-electron chi connectivity index (χ3n) is 5.70. The summed E-state index contributed by atoms with van der Waals surface area (Å²) in [5.74, 6) is 0.969. The fourth-order valence-electron chi connectivity index (χ4n) is 4.43. The van der Waals surface area contributed by atoms with Gasteiger partial charge in [-0.15, -0.1) is 0 Å². The van der Waals surface area contributed by atoms with Gasteiger partial charge >= 0.3 is 5.97 Å². The van der Waals surface area contributed by atoms with Gasteiger partial charge in [-0.3, -0.25) is 4.79 Å². The lowest BCUT2D eigenvalue weighted by molar-refractivity contribution is -0.134. The topological polar surface area (TPSA) is 51.5 Å². The van der Waals surface area contributed by atoms with Crippen molar-refractivity contribution in [1.29, 1.82) is 0 Å². The van der Waals surface area contributed by atoms with Crippen molar-refractivity contribution in [2.24, 2.45) is 11.8 Å². The van der Waals surface area contributed by atoms with Crippen LogP contribution in [0.4, 0.5) is 0 Å². The molecule has 0 N–H and O–H groups in total. The van der Waals surface area contributed by atoms with Crippen LogP contribution in [0.15, 0.2) is 36.4 Å². The Kier molecular flexibility index (Phi) is 6.78. The second-order valence-corrected chi connectivity index (χ2v) is 8.26. The summed E-state index contributed by atoms with van der Waals surface area (Å²) in [6.45, 7) is 10.7. The number of carbonyl (C=O) groups is 2. The Morgan fingerprint density at radius 2 is 1.76 bits per heavy atom. The normalized spacial score (nSPS) is 19.2. The van der Waals surface area contributed by atoms with Crippen LogP contribution in [0.25, 0.3) is 11.3 Å². The van der Waals surface area contributed by atoms with Crippen LogP contribution in [-0.4, -0.2) is 41.0 Å². The van der Waals surface area contributed by atoms with Gasteiger partial charge in [-0.2, -0.15) is 0 Å². The minimum atomic E-state index is -0.314. The Labute approximate surface area is 173 Å². The van der Waals surface area contributed by atoms with Gasteiger partial charge in [0.15, 0.2) is 0 Å². The molecular weight excluding hydrogens is 364 g/mol. The molecule has 1 amide bonds. The van der Waals surface area contributed by atoms with Gasteiger partial charge in [0.25, 0.3) is 0 Å². The summed E-state index contributed by atoms with van der Waals surface area (Å²) < 4.78 is 7.31. The van der Waals surface area contributed by atoms with Crippen molar-refractivity contribution in [3.8, 4) is 11.3 Å². The first kappa shape index (κ1) is 21.2. The maximum Gasteiger partial charge on any atom is 0.339 e. The number of carbonyl (C=O) groups excluding carboxylic acids is 2. The third-order valence-corrected chi connectivity index (χ3v) is 5.70. The van der Waals surface area contributed by atoms with E-state index in [1.54, 1.807) is 0 Å². The zero-order valence-electron chi connectivity index (χ0n) is 18.0. The predicted molar refractivity (Wildman–Crippen MR) is 115 cm³/mol. The number of esters is 1. The van der Waals surface area contributed by atoms with E-state index in [4.69, 9.17) is 4.74 Å². The van der Waals surface area contributed by atoms with E-state index in [1.807, 2.05) is 55.1 Å². The molecule has 0 spiro atoms. The van der Waals surface area contributed by atoms with Crippen LogP contribution < -0.4 is 0 Å². The summed E-state index contributed by atoms with van der Waals surface area (Å²) >= 11 is 0. The summed E-state index contributed by atoms with van der Waals surface area (Å²) in [7, 11) is 0. The minimum Gasteiger partial charge on any atom is -0.462 e. The summed E-state index contributed by atoms with van der Waals surface area (Å²) in [4.78, 5) is 27.3. The van der Waals surface area contributed by atoms with Gasteiger partial charge in [-0.1, -0.05) is 44.2 Å². The number of aromatic nitrogens is 1. The van der Waals surface area contributed by atoms with Crippen molar-refractivity contribution in [1.82, 2.24) is 9.47 Å². The fraction of sp³-hybridized carbons (Fsp3) is 0.500. The second kappa shape index (κ2) is 9.29. The SMILES string of the molecule is CCOC(=O)c1cc(-c2ccccc2)n(CCC(=O)N2C[C@H](C)C[C@@H](C)C2)c1C. The Hall–Kier alpha value is -2.56. The van der Waals surface area contributed by atoms with Crippen LogP contribution in [0.2, 0.25) is 0 Å². The summed E-state index contributed by atoms with van der Waals surface area (Å²) in [5.41, 5.74) is 3.38. The molecule has 0 unspecified atom stereocenters. The number of amides is 1. The lowest BCUT2D eigenvalue weighted by Gasteiger charge is -2.35. The van der Waals surface area contributed by atoms with Crippen molar-refractivity contribution in [2.45, 2.75) is 47.1 Å². The highest BCUT2D eigenvalue weighted by molar-refractivity contribution is 5.92. The maximum absolute atomic E-state index is 12.9. The van der Waals surface area contributed by atoms with Gasteiger partial charge in [0, 0.05) is 37.4 Å². The molecule has 0 aliphatic carbocycles. The highest BCUT2D eigenvalue weighted by atomic mass is 16.5. The van der Waals surface area contributed by atoms with E-state index in [-0.39, 0.29) is 11.9 Å². The molecule has 0 bridgehead atoms. The van der Waals surface area contributed by atoms with E-state index in [9.17, 15) is 9.59 Å². The molecule has 5 nitrogen and oxygen atoms in total. The molecule has 1 aromatic heterocycles. The first-order valence-corrected chi connectivity index (χ1v) is 10.6. The van der Waals surface area contributed by atoms with Gasteiger partial charge in [-0.05, 0) is 43.7 Å². The highest BCUT2D eigenvalue weighted by Crippen LogP contribution is 2.27. The van der Waals surface area contributed by atoms with E-state index < -0.39 is 0 Å². The zero-order chi connectivity index (χ0) is 21.0. The average Bonchev–Trinajstić information content (AvgIpc) is 3.02. The Morgan fingerprint density at radius 3 is 2.38 bits per heavy atom. The average molecular weight is 397 g/mol.